The third kappa shape index (κ3) is 1.61. The van der Waals surface area contributed by atoms with Crippen LogP contribution in [0.25, 0.3) is 11.0 Å². The van der Waals surface area contributed by atoms with E-state index >= 15 is 0 Å². The normalized spacial score (nSPS) is 11.0. The SMILES string of the molecule is Cn1nnc2cc(CCCO)ccc21. The van der Waals surface area contributed by atoms with E-state index < -0.39 is 0 Å². The van der Waals surface area contributed by atoms with Crippen molar-refractivity contribution in [2.75, 3.05) is 6.61 Å². The van der Waals surface area contributed by atoms with Gasteiger partial charge in [0.1, 0.15) is 5.52 Å². The summed E-state index contributed by atoms with van der Waals surface area (Å²) in [5.41, 5.74) is 3.16. The van der Waals surface area contributed by atoms with Gasteiger partial charge in [0.05, 0.1) is 5.52 Å². The second-order valence-corrected chi connectivity index (χ2v) is 3.36. The molecule has 1 heterocycles. The lowest BCUT2D eigenvalue weighted by atomic mass is 10.1. The van der Waals surface area contributed by atoms with Gasteiger partial charge < -0.3 is 5.11 Å². The van der Waals surface area contributed by atoms with Crippen LogP contribution >= 0.6 is 0 Å². The summed E-state index contributed by atoms with van der Waals surface area (Å²) in [6, 6.07) is 6.10. The quantitative estimate of drug-likeness (QED) is 0.784. The van der Waals surface area contributed by atoms with Crippen molar-refractivity contribution in [2.45, 2.75) is 12.8 Å². The van der Waals surface area contributed by atoms with Crippen LogP contribution in [0.4, 0.5) is 0 Å². The fourth-order valence-electron chi connectivity index (χ4n) is 1.52. The Kier molecular flexibility index (Phi) is 2.45. The zero-order chi connectivity index (χ0) is 9.97. The standard InChI is InChI=1S/C10H13N3O/c1-13-10-5-4-8(3-2-6-14)7-9(10)11-12-13/h4-5,7,14H,2-3,6H2,1H3. The number of rotatable bonds is 3. The maximum absolute atomic E-state index is 8.71. The molecule has 74 valence electrons. The Labute approximate surface area is 82.2 Å². The number of aliphatic hydroxyl groups is 1. The molecule has 0 bridgehead atoms. The first-order valence-electron chi connectivity index (χ1n) is 4.70. The van der Waals surface area contributed by atoms with E-state index in [1.54, 1.807) is 4.68 Å². The number of aliphatic hydroxyl groups excluding tert-OH is 1. The molecule has 0 atom stereocenters. The van der Waals surface area contributed by atoms with Gasteiger partial charge in [-0.1, -0.05) is 11.3 Å². The molecular weight excluding hydrogens is 178 g/mol. The van der Waals surface area contributed by atoms with E-state index in [1.807, 2.05) is 19.2 Å². The molecule has 14 heavy (non-hydrogen) atoms. The summed E-state index contributed by atoms with van der Waals surface area (Å²) in [6.07, 6.45) is 1.69. The largest absolute Gasteiger partial charge is 0.396 e. The molecule has 0 fully saturated rings. The van der Waals surface area contributed by atoms with E-state index in [-0.39, 0.29) is 6.61 Å². The van der Waals surface area contributed by atoms with E-state index in [0.717, 1.165) is 23.9 Å². The lowest BCUT2D eigenvalue weighted by molar-refractivity contribution is 0.288. The van der Waals surface area contributed by atoms with Gasteiger partial charge in [-0.25, -0.2) is 4.68 Å². The van der Waals surface area contributed by atoms with Crippen molar-refractivity contribution >= 4 is 11.0 Å². The third-order valence-electron chi connectivity index (χ3n) is 2.30. The average molecular weight is 191 g/mol. The Morgan fingerprint density at radius 2 is 2.29 bits per heavy atom. The van der Waals surface area contributed by atoms with Crippen molar-refractivity contribution < 1.29 is 5.11 Å². The number of fused-ring (bicyclic) bond motifs is 1. The molecule has 4 nitrogen and oxygen atoms in total. The van der Waals surface area contributed by atoms with Gasteiger partial charge in [-0.2, -0.15) is 0 Å². The highest BCUT2D eigenvalue weighted by Crippen LogP contribution is 2.13. The molecule has 0 radical (unpaired) electrons. The molecule has 0 saturated carbocycles. The summed E-state index contributed by atoms with van der Waals surface area (Å²) in [4.78, 5) is 0. The van der Waals surface area contributed by atoms with Crippen molar-refractivity contribution in [3.63, 3.8) is 0 Å². The molecule has 1 aromatic heterocycles. The van der Waals surface area contributed by atoms with Gasteiger partial charge >= 0.3 is 0 Å². The second-order valence-electron chi connectivity index (χ2n) is 3.36. The lowest BCUT2D eigenvalue weighted by Gasteiger charge is -1.98. The van der Waals surface area contributed by atoms with Gasteiger partial charge in [-0.15, -0.1) is 5.10 Å². The third-order valence-corrected chi connectivity index (χ3v) is 2.30. The lowest BCUT2D eigenvalue weighted by Crippen LogP contribution is -1.91. The highest BCUT2D eigenvalue weighted by Gasteiger charge is 2.01. The number of hydrogen-bond donors (Lipinski definition) is 1. The van der Waals surface area contributed by atoms with Crippen molar-refractivity contribution in [3.05, 3.63) is 23.8 Å². The first kappa shape index (κ1) is 9.15. The summed E-state index contributed by atoms with van der Waals surface area (Å²) in [7, 11) is 1.88. The van der Waals surface area contributed by atoms with Crippen molar-refractivity contribution in [1.82, 2.24) is 15.0 Å². The number of aromatic nitrogens is 3. The van der Waals surface area contributed by atoms with Gasteiger partial charge in [-0.3, -0.25) is 0 Å². The van der Waals surface area contributed by atoms with Crippen LogP contribution in [0.5, 0.6) is 0 Å². The maximum Gasteiger partial charge on any atom is 0.113 e. The Balaban J connectivity index is 2.32. The molecule has 0 saturated heterocycles. The van der Waals surface area contributed by atoms with Crippen LogP contribution in [-0.2, 0) is 13.5 Å². The number of nitrogens with zero attached hydrogens (tertiary/aromatic N) is 3. The monoisotopic (exact) mass is 191 g/mol. The van der Waals surface area contributed by atoms with Crippen LogP contribution in [0.1, 0.15) is 12.0 Å². The van der Waals surface area contributed by atoms with Crippen molar-refractivity contribution in [2.24, 2.45) is 7.05 Å². The van der Waals surface area contributed by atoms with E-state index in [0.29, 0.717) is 0 Å². The smallest absolute Gasteiger partial charge is 0.113 e. The Morgan fingerprint density at radius 1 is 1.43 bits per heavy atom. The molecule has 1 aromatic carbocycles. The number of hydrogen-bond acceptors (Lipinski definition) is 3. The Morgan fingerprint density at radius 3 is 3.07 bits per heavy atom. The van der Waals surface area contributed by atoms with E-state index in [4.69, 9.17) is 5.11 Å². The number of aryl methyl sites for hydroxylation is 2. The first-order chi connectivity index (χ1) is 6.81. The van der Waals surface area contributed by atoms with Crippen LogP contribution in [0.3, 0.4) is 0 Å². The minimum atomic E-state index is 0.235. The molecule has 1 N–H and O–H groups in total. The van der Waals surface area contributed by atoms with Crippen LogP contribution in [-0.4, -0.2) is 26.7 Å². The van der Waals surface area contributed by atoms with Gasteiger partial charge in [-0.05, 0) is 30.5 Å². The Hall–Kier alpha value is -1.42. The van der Waals surface area contributed by atoms with Gasteiger partial charge in [0.25, 0.3) is 0 Å². The topological polar surface area (TPSA) is 50.9 Å². The summed E-state index contributed by atoms with van der Waals surface area (Å²) in [5, 5.41) is 16.7. The molecule has 0 spiro atoms. The molecular formula is C10H13N3O. The summed E-state index contributed by atoms with van der Waals surface area (Å²) in [5.74, 6) is 0. The molecule has 0 aliphatic rings. The first-order valence-corrected chi connectivity index (χ1v) is 4.70. The van der Waals surface area contributed by atoms with Gasteiger partial charge in [0.2, 0.25) is 0 Å². The number of benzene rings is 1. The molecule has 2 aromatic rings. The summed E-state index contributed by atoms with van der Waals surface area (Å²) >= 11 is 0. The second kappa shape index (κ2) is 3.75. The average Bonchev–Trinajstić information content (AvgIpc) is 2.57. The minimum absolute atomic E-state index is 0.235. The fourth-order valence-corrected chi connectivity index (χ4v) is 1.52. The Bertz CT molecular complexity index is 436. The minimum Gasteiger partial charge on any atom is -0.396 e. The maximum atomic E-state index is 8.71. The molecule has 4 heteroatoms. The summed E-state index contributed by atoms with van der Waals surface area (Å²) in [6.45, 7) is 0.235. The fraction of sp³-hybridized carbons (Fsp3) is 0.400. The molecule has 0 aliphatic carbocycles. The van der Waals surface area contributed by atoms with E-state index in [9.17, 15) is 0 Å². The van der Waals surface area contributed by atoms with Gasteiger partial charge in [0.15, 0.2) is 0 Å². The predicted octanol–water partition coefficient (Wildman–Crippen LogP) is 0.893. The highest BCUT2D eigenvalue weighted by atomic mass is 16.2. The molecule has 0 unspecified atom stereocenters. The van der Waals surface area contributed by atoms with E-state index in [1.165, 1.54) is 5.56 Å². The van der Waals surface area contributed by atoms with Crippen molar-refractivity contribution in [1.29, 1.82) is 0 Å². The summed E-state index contributed by atoms with van der Waals surface area (Å²) < 4.78 is 1.76. The molecule has 0 amide bonds. The van der Waals surface area contributed by atoms with E-state index in [2.05, 4.69) is 16.4 Å². The van der Waals surface area contributed by atoms with Gasteiger partial charge in [0, 0.05) is 13.7 Å². The van der Waals surface area contributed by atoms with Crippen LogP contribution < -0.4 is 0 Å². The van der Waals surface area contributed by atoms with Crippen LogP contribution in [0.15, 0.2) is 18.2 Å². The highest BCUT2D eigenvalue weighted by molar-refractivity contribution is 5.74. The zero-order valence-electron chi connectivity index (χ0n) is 8.14. The molecule has 0 aliphatic heterocycles. The zero-order valence-corrected chi connectivity index (χ0v) is 8.14. The van der Waals surface area contributed by atoms with Crippen LogP contribution in [0.2, 0.25) is 0 Å². The predicted molar refractivity (Wildman–Crippen MR) is 53.9 cm³/mol. The van der Waals surface area contributed by atoms with Crippen molar-refractivity contribution in [3.8, 4) is 0 Å². The molecule has 2 rings (SSSR count). The van der Waals surface area contributed by atoms with Crippen LogP contribution in [0, 0.1) is 0 Å².